The number of benzene rings is 1. The van der Waals surface area contributed by atoms with Crippen molar-refractivity contribution in [1.29, 1.82) is 0 Å². The Morgan fingerprint density at radius 3 is 2.57 bits per heavy atom. The molecule has 1 N–H and O–H groups in total. The molecule has 76 valence electrons. The maximum Gasteiger partial charge on any atom is 0.216 e. The fraction of sp³-hybridized carbons (Fsp3) is 0.273. The van der Waals surface area contributed by atoms with Gasteiger partial charge >= 0.3 is 0 Å². The molecular formula is C11H15NO2. The van der Waals surface area contributed by atoms with Crippen LogP contribution in [0.1, 0.15) is 24.3 Å². The Labute approximate surface area is 84.6 Å². The van der Waals surface area contributed by atoms with Gasteiger partial charge in [-0.1, -0.05) is 24.3 Å². The SMILES string of the molecule is CC(=O)NCCc1ccc(C=O)cc1.[HH]. The third-order valence-electron chi connectivity index (χ3n) is 1.90. The molecule has 0 fully saturated rings. The van der Waals surface area contributed by atoms with Gasteiger partial charge in [-0.05, 0) is 12.0 Å². The predicted octanol–water partition coefficient (Wildman–Crippen LogP) is 1.42. The molecule has 0 aliphatic rings. The van der Waals surface area contributed by atoms with Crippen LogP contribution >= 0.6 is 0 Å². The molecule has 0 unspecified atom stereocenters. The first-order chi connectivity index (χ1) is 6.72. The third-order valence-corrected chi connectivity index (χ3v) is 1.90. The molecule has 1 rings (SSSR count). The summed E-state index contributed by atoms with van der Waals surface area (Å²) in [5.74, 6) is -0.0190. The molecule has 14 heavy (non-hydrogen) atoms. The van der Waals surface area contributed by atoms with Crippen molar-refractivity contribution in [3.8, 4) is 0 Å². The van der Waals surface area contributed by atoms with E-state index in [1.165, 1.54) is 6.92 Å². The molecule has 0 heterocycles. The summed E-state index contributed by atoms with van der Waals surface area (Å²) < 4.78 is 0. The molecule has 0 bridgehead atoms. The highest BCUT2D eigenvalue weighted by Crippen LogP contribution is 2.02. The summed E-state index contributed by atoms with van der Waals surface area (Å²) in [5, 5.41) is 2.71. The second-order valence-corrected chi connectivity index (χ2v) is 3.09. The number of hydrogen-bond acceptors (Lipinski definition) is 2. The number of aldehydes is 1. The minimum atomic E-state index is -0.0190. The van der Waals surface area contributed by atoms with Crippen molar-refractivity contribution in [1.82, 2.24) is 5.32 Å². The van der Waals surface area contributed by atoms with Crippen LogP contribution in [0.25, 0.3) is 0 Å². The Balaban J connectivity index is 0.00000196. The summed E-state index contributed by atoms with van der Waals surface area (Å²) >= 11 is 0. The van der Waals surface area contributed by atoms with Crippen LogP contribution in [0.15, 0.2) is 24.3 Å². The van der Waals surface area contributed by atoms with Crippen molar-refractivity contribution in [2.75, 3.05) is 6.54 Å². The standard InChI is InChI=1S/C11H13NO2.H2/c1-9(14)12-7-6-10-2-4-11(8-13)5-3-10;/h2-5,8H,6-7H2,1H3,(H,12,14);1H. The van der Waals surface area contributed by atoms with Crippen LogP contribution in [0, 0.1) is 0 Å². The molecule has 0 spiro atoms. The fourth-order valence-electron chi connectivity index (χ4n) is 1.15. The fourth-order valence-corrected chi connectivity index (χ4v) is 1.15. The summed E-state index contributed by atoms with van der Waals surface area (Å²) in [4.78, 5) is 20.9. The van der Waals surface area contributed by atoms with Crippen LogP contribution in [0.2, 0.25) is 0 Å². The molecule has 0 aromatic heterocycles. The minimum absolute atomic E-state index is 0. The second kappa shape index (κ2) is 5.17. The van der Waals surface area contributed by atoms with Crippen molar-refractivity contribution >= 4 is 12.2 Å². The number of rotatable bonds is 4. The van der Waals surface area contributed by atoms with Gasteiger partial charge in [0, 0.05) is 20.5 Å². The van der Waals surface area contributed by atoms with Crippen LogP contribution in [0.5, 0.6) is 0 Å². The van der Waals surface area contributed by atoms with E-state index in [1.807, 2.05) is 12.1 Å². The number of carbonyl (C=O) groups excluding carboxylic acids is 2. The molecule has 0 saturated carbocycles. The van der Waals surface area contributed by atoms with Crippen LogP contribution in [-0.2, 0) is 11.2 Å². The Morgan fingerprint density at radius 1 is 1.43 bits per heavy atom. The summed E-state index contributed by atoms with van der Waals surface area (Å²) in [6, 6.07) is 7.34. The van der Waals surface area contributed by atoms with Crippen LogP contribution in [0.3, 0.4) is 0 Å². The van der Waals surface area contributed by atoms with E-state index in [-0.39, 0.29) is 7.33 Å². The van der Waals surface area contributed by atoms with Gasteiger partial charge in [0.1, 0.15) is 6.29 Å². The molecular weight excluding hydrogens is 178 g/mol. The van der Waals surface area contributed by atoms with Crippen molar-refractivity contribution in [3.05, 3.63) is 35.4 Å². The van der Waals surface area contributed by atoms with Crippen LogP contribution in [0.4, 0.5) is 0 Å². The lowest BCUT2D eigenvalue weighted by atomic mass is 10.1. The number of hydrogen-bond donors (Lipinski definition) is 1. The lowest BCUT2D eigenvalue weighted by Crippen LogP contribution is -2.22. The van der Waals surface area contributed by atoms with Gasteiger partial charge in [0.2, 0.25) is 5.91 Å². The molecule has 0 aliphatic heterocycles. The van der Waals surface area contributed by atoms with Crippen LogP contribution in [-0.4, -0.2) is 18.7 Å². The normalized spacial score (nSPS) is 9.50. The first-order valence-electron chi connectivity index (χ1n) is 4.51. The summed E-state index contributed by atoms with van der Waals surface area (Å²) in [6.07, 6.45) is 1.61. The monoisotopic (exact) mass is 193 g/mol. The van der Waals surface area contributed by atoms with Gasteiger partial charge in [-0.2, -0.15) is 0 Å². The number of amides is 1. The Morgan fingerprint density at radius 2 is 2.07 bits per heavy atom. The number of nitrogens with one attached hydrogen (secondary N) is 1. The topological polar surface area (TPSA) is 46.2 Å². The molecule has 1 aromatic rings. The summed E-state index contributed by atoms with van der Waals surface area (Å²) in [5.41, 5.74) is 1.79. The predicted molar refractivity (Wildman–Crippen MR) is 56.3 cm³/mol. The molecule has 3 heteroatoms. The van der Waals surface area contributed by atoms with Gasteiger partial charge in [-0.3, -0.25) is 9.59 Å². The highest BCUT2D eigenvalue weighted by atomic mass is 16.1. The lowest BCUT2D eigenvalue weighted by Gasteiger charge is -2.02. The van der Waals surface area contributed by atoms with Gasteiger partial charge in [-0.25, -0.2) is 0 Å². The molecule has 0 aliphatic carbocycles. The average molecular weight is 193 g/mol. The van der Waals surface area contributed by atoms with Crippen molar-refractivity contribution in [3.63, 3.8) is 0 Å². The van der Waals surface area contributed by atoms with Gasteiger partial charge in [-0.15, -0.1) is 0 Å². The minimum Gasteiger partial charge on any atom is -0.356 e. The van der Waals surface area contributed by atoms with E-state index in [1.54, 1.807) is 12.1 Å². The van der Waals surface area contributed by atoms with Gasteiger partial charge < -0.3 is 5.32 Å². The van der Waals surface area contributed by atoms with E-state index in [2.05, 4.69) is 5.32 Å². The Hall–Kier alpha value is -1.64. The lowest BCUT2D eigenvalue weighted by molar-refractivity contribution is -0.118. The Bertz CT molecular complexity index is 322. The molecule has 0 saturated heterocycles. The largest absolute Gasteiger partial charge is 0.356 e. The maximum absolute atomic E-state index is 10.6. The van der Waals surface area contributed by atoms with Crippen molar-refractivity contribution < 1.29 is 11.0 Å². The van der Waals surface area contributed by atoms with E-state index in [0.717, 1.165) is 18.3 Å². The maximum atomic E-state index is 10.6. The third kappa shape index (κ3) is 3.39. The van der Waals surface area contributed by atoms with Crippen molar-refractivity contribution in [2.24, 2.45) is 0 Å². The molecule has 1 aromatic carbocycles. The summed E-state index contributed by atoms with van der Waals surface area (Å²) in [6.45, 7) is 2.13. The molecule has 0 radical (unpaired) electrons. The van der Waals surface area contributed by atoms with Gasteiger partial charge in [0.15, 0.2) is 0 Å². The van der Waals surface area contributed by atoms with E-state index >= 15 is 0 Å². The highest BCUT2D eigenvalue weighted by molar-refractivity contribution is 5.74. The highest BCUT2D eigenvalue weighted by Gasteiger charge is 1.94. The zero-order valence-corrected chi connectivity index (χ0v) is 8.12. The number of carbonyl (C=O) groups is 2. The summed E-state index contributed by atoms with van der Waals surface area (Å²) in [7, 11) is 0. The van der Waals surface area contributed by atoms with E-state index < -0.39 is 0 Å². The van der Waals surface area contributed by atoms with Crippen molar-refractivity contribution in [2.45, 2.75) is 13.3 Å². The average Bonchev–Trinajstić information content (AvgIpc) is 2.18. The molecule has 3 nitrogen and oxygen atoms in total. The second-order valence-electron chi connectivity index (χ2n) is 3.09. The van der Waals surface area contributed by atoms with Gasteiger partial charge in [0.25, 0.3) is 0 Å². The van der Waals surface area contributed by atoms with Crippen LogP contribution < -0.4 is 5.32 Å². The molecule has 0 atom stereocenters. The smallest absolute Gasteiger partial charge is 0.216 e. The van der Waals surface area contributed by atoms with E-state index in [0.29, 0.717) is 12.1 Å². The van der Waals surface area contributed by atoms with E-state index in [9.17, 15) is 9.59 Å². The quantitative estimate of drug-likeness (QED) is 0.735. The first kappa shape index (κ1) is 10.4. The zero-order valence-electron chi connectivity index (χ0n) is 8.12. The molecule has 1 amide bonds. The van der Waals surface area contributed by atoms with Gasteiger partial charge in [0.05, 0.1) is 0 Å². The first-order valence-corrected chi connectivity index (χ1v) is 4.51. The van der Waals surface area contributed by atoms with E-state index in [4.69, 9.17) is 0 Å². The zero-order chi connectivity index (χ0) is 10.4. The Kier molecular flexibility index (Phi) is 3.85.